The maximum Gasteiger partial charge on any atom is 0.340 e. The van der Waals surface area contributed by atoms with E-state index in [1.165, 1.54) is 0 Å². The molecular formula is C16H11BrO3. The Bertz CT molecular complexity index is 681. The molecule has 1 aliphatic rings. The van der Waals surface area contributed by atoms with Gasteiger partial charge in [0.05, 0.1) is 10.9 Å². The summed E-state index contributed by atoms with van der Waals surface area (Å²) >= 11 is 3.33. The van der Waals surface area contributed by atoms with Crippen molar-refractivity contribution in [2.24, 2.45) is 0 Å². The molecule has 2 aromatic rings. The molecule has 1 unspecified atom stereocenters. The van der Waals surface area contributed by atoms with Crippen LogP contribution in [0.25, 0.3) is 0 Å². The molecule has 0 amide bonds. The number of hydrogen-bond acceptors (Lipinski definition) is 3. The highest BCUT2D eigenvalue weighted by Crippen LogP contribution is 2.37. The summed E-state index contributed by atoms with van der Waals surface area (Å²) in [4.78, 5) is 25.0. The molecule has 0 bridgehead atoms. The van der Waals surface area contributed by atoms with Crippen molar-refractivity contribution >= 4 is 27.7 Å². The second-order valence-corrected chi connectivity index (χ2v) is 5.15. The summed E-state index contributed by atoms with van der Waals surface area (Å²) in [6.07, 6.45) is 0. The minimum absolute atomic E-state index is 0.198. The zero-order chi connectivity index (χ0) is 14.2. The molecule has 0 aromatic heterocycles. The quantitative estimate of drug-likeness (QED) is 0.626. The van der Waals surface area contributed by atoms with Crippen molar-refractivity contribution in [2.75, 3.05) is 5.33 Å². The molecule has 0 saturated heterocycles. The highest BCUT2D eigenvalue weighted by atomic mass is 79.9. The van der Waals surface area contributed by atoms with Crippen molar-refractivity contribution in [1.29, 1.82) is 0 Å². The molecular weight excluding hydrogens is 320 g/mol. The monoisotopic (exact) mass is 330 g/mol. The summed E-state index contributed by atoms with van der Waals surface area (Å²) in [5.74, 6) is -0.667. The van der Waals surface area contributed by atoms with E-state index in [4.69, 9.17) is 4.74 Å². The molecule has 0 fully saturated rings. The summed E-state index contributed by atoms with van der Waals surface area (Å²) in [5.41, 5.74) is 0.119. The van der Waals surface area contributed by atoms with Gasteiger partial charge < -0.3 is 4.74 Å². The lowest BCUT2D eigenvalue weighted by molar-refractivity contribution is -0.00661. The fraction of sp³-hybridized carbons (Fsp3) is 0.125. The molecule has 1 heterocycles. The lowest BCUT2D eigenvalue weighted by Crippen LogP contribution is -2.46. The number of carbonyl (C=O) groups is 2. The Morgan fingerprint density at radius 3 is 2.15 bits per heavy atom. The maximum atomic E-state index is 12.8. The normalized spacial score (nSPS) is 21.2. The number of carbonyl (C=O) groups excluding carboxylic acids is 2. The second kappa shape index (κ2) is 4.87. The van der Waals surface area contributed by atoms with E-state index in [1.54, 1.807) is 36.4 Å². The van der Waals surface area contributed by atoms with Gasteiger partial charge in [0.15, 0.2) is 0 Å². The van der Waals surface area contributed by atoms with Gasteiger partial charge in [0.1, 0.15) is 0 Å². The Hall–Kier alpha value is -1.94. The zero-order valence-corrected chi connectivity index (χ0v) is 12.1. The van der Waals surface area contributed by atoms with Crippen molar-refractivity contribution < 1.29 is 14.3 Å². The molecule has 2 aromatic carbocycles. The fourth-order valence-electron chi connectivity index (χ4n) is 2.40. The first kappa shape index (κ1) is 13.1. The maximum absolute atomic E-state index is 12.8. The average molecular weight is 331 g/mol. The van der Waals surface area contributed by atoms with Crippen LogP contribution in [-0.4, -0.2) is 17.1 Å². The van der Waals surface area contributed by atoms with Crippen LogP contribution < -0.4 is 0 Å². The van der Waals surface area contributed by atoms with Gasteiger partial charge in [0.2, 0.25) is 11.4 Å². The van der Waals surface area contributed by atoms with E-state index >= 15 is 0 Å². The summed E-state index contributed by atoms with van der Waals surface area (Å²) in [6.45, 7) is 0. The third-order valence-corrected chi connectivity index (χ3v) is 4.24. The molecule has 3 nitrogen and oxygen atoms in total. The highest BCUT2D eigenvalue weighted by molar-refractivity contribution is 9.09. The van der Waals surface area contributed by atoms with Gasteiger partial charge >= 0.3 is 5.97 Å². The minimum Gasteiger partial charge on any atom is -0.441 e. The van der Waals surface area contributed by atoms with Crippen LogP contribution in [0.1, 0.15) is 26.3 Å². The van der Waals surface area contributed by atoms with Gasteiger partial charge in [-0.15, -0.1) is 0 Å². The molecule has 0 radical (unpaired) electrons. The second-order valence-electron chi connectivity index (χ2n) is 4.59. The number of fused-ring (bicyclic) bond motifs is 1. The summed E-state index contributed by atoms with van der Waals surface area (Å²) in [7, 11) is 0. The van der Waals surface area contributed by atoms with Crippen LogP contribution in [0.15, 0.2) is 54.6 Å². The molecule has 1 aliphatic heterocycles. The van der Waals surface area contributed by atoms with Crippen molar-refractivity contribution in [1.82, 2.24) is 0 Å². The number of esters is 1. The average Bonchev–Trinajstić information content (AvgIpc) is 2.52. The van der Waals surface area contributed by atoms with Gasteiger partial charge in [-0.1, -0.05) is 64.5 Å². The molecule has 4 heteroatoms. The van der Waals surface area contributed by atoms with E-state index in [9.17, 15) is 9.59 Å². The summed E-state index contributed by atoms with van der Waals surface area (Å²) < 4.78 is 5.51. The van der Waals surface area contributed by atoms with Crippen LogP contribution in [0, 0.1) is 0 Å². The van der Waals surface area contributed by atoms with Crippen LogP contribution in [0.5, 0.6) is 0 Å². The van der Waals surface area contributed by atoms with E-state index in [0.29, 0.717) is 16.7 Å². The number of Topliss-reactive ketones (excluding diaryl/α,β-unsaturated/α-hetero) is 1. The lowest BCUT2D eigenvalue weighted by Gasteiger charge is -2.34. The van der Waals surface area contributed by atoms with Gasteiger partial charge in [0, 0.05) is 11.1 Å². The van der Waals surface area contributed by atoms with E-state index in [2.05, 4.69) is 15.9 Å². The number of benzene rings is 2. The molecule has 0 N–H and O–H groups in total. The van der Waals surface area contributed by atoms with Crippen molar-refractivity contribution in [3.63, 3.8) is 0 Å². The number of hydrogen-bond donors (Lipinski definition) is 0. The molecule has 0 spiro atoms. The molecule has 3 rings (SSSR count). The molecule has 0 saturated carbocycles. The number of halogens is 1. The predicted molar refractivity (Wildman–Crippen MR) is 78.1 cm³/mol. The van der Waals surface area contributed by atoms with E-state index < -0.39 is 11.6 Å². The number of cyclic esters (lactones) is 1. The first-order chi connectivity index (χ1) is 9.69. The van der Waals surface area contributed by atoms with Gasteiger partial charge in [-0.05, 0) is 6.07 Å². The third kappa shape index (κ3) is 1.79. The molecule has 1 atom stereocenters. The Balaban J connectivity index is 2.21. The van der Waals surface area contributed by atoms with Crippen molar-refractivity contribution in [3.05, 3.63) is 71.3 Å². The Morgan fingerprint density at radius 2 is 1.50 bits per heavy atom. The van der Waals surface area contributed by atoms with Crippen LogP contribution in [0.2, 0.25) is 0 Å². The predicted octanol–water partition coefficient (Wildman–Crippen LogP) is 3.33. The van der Waals surface area contributed by atoms with Crippen LogP contribution in [0.4, 0.5) is 0 Å². The van der Waals surface area contributed by atoms with Crippen LogP contribution >= 0.6 is 15.9 Å². The van der Waals surface area contributed by atoms with Gasteiger partial charge in [-0.2, -0.15) is 0 Å². The van der Waals surface area contributed by atoms with E-state index in [1.807, 2.05) is 18.2 Å². The van der Waals surface area contributed by atoms with E-state index in [0.717, 1.165) is 0 Å². The smallest absolute Gasteiger partial charge is 0.340 e. The first-order valence-electron chi connectivity index (χ1n) is 6.18. The number of ketones is 1. The lowest BCUT2D eigenvalue weighted by atomic mass is 9.83. The summed E-state index contributed by atoms with van der Waals surface area (Å²) in [6, 6.07) is 15.8. The Labute approximate surface area is 124 Å². The summed E-state index contributed by atoms with van der Waals surface area (Å²) in [5, 5.41) is 0.225. The van der Waals surface area contributed by atoms with Crippen molar-refractivity contribution in [2.45, 2.75) is 5.60 Å². The largest absolute Gasteiger partial charge is 0.441 e. The molecule has 20 heavy (non-hydrogen) atoms. The van der Waals surface area contributed by atoms with Gasteiger partial charge in [-0.3, -0.25) is 4.79 Å². The SMILES string of the molecule is O=C1OC(CBr)(c2ccccc2)C(=O)c2ccccc21. The van der Waals surface area contributed by atoms with Crippen LogP contribution in [-0.2, 0) is 10.3 Å². The number of rotatable bonds is 2. The van der Waals surface area contributed by atoms with Gasteiger partial charge in [-0.25, -0.2) is 4.79 Å². The highest BCUT2D eigenvalue weighted by Gasteiger charge is 2.48. The third-order valence-electron chi connectivity index (χ3n) is 3.45. The fourth-order valence-corrected chi connectivity index (χ4v) is 3.09. The van der Waals surface area contributed by atoms with E-state index in [-0.39, 0.29) is 11.1 Å². The van der Waals surface area contributed by atoms with Crippen LogP contribution in [0.3, 0.4) is 0 Å². The molecule has 100 valence electrons. The zero-order valence-electron chi connectivity index (χ0n) is 10.5. The van der Waals surface area contributed by atoms with Crippen molar-refractivity contribution in [3.8, 4) is 0 Å². The number of ether oxygens (including phenoxy) is 1. The standard InChI is InChI=1S/C16H11BrO3/c17-10-16(11-6-2-1-3-7-11)14(18)12-8-4-5-9-13(12)15(19)20-16/h1-9H,10H2. The Kier molecular flexibility index (Phi) is 3.18. The van der Waals surface area contributed by atoms with Gasteiger partial charge in [0.25, 0.3) is 0 Å². The minimum atomic E-state index is -1.29. The topological polar surface area (TPSA) is 43.4 Å². The number of alkyl halides is 1. The Morgan fingerprint density at radius 1 is 0.900 bits per heavy atom. The molecule has 0 aliphatic carbocycles. The first-order valence-corrected chi connectivity index (χ1v) is 7.30.